The third-order valence-corrected chi connectivity index (χ3v) is 4.56. The van der Waals surface area contributed by atoms with Gasteiger partial charge in [-0.2, -0.15) is 0 Å². The highest BCUT2D eigenvalue weighted by molar-refractivity contribution is 4.81. The summed E-state index contributed by atoms with van der Waals surface area (Å²) in [6.07, 6.45) is 7.19. The van der Waals surface area contributed by atoms with Crippen molar-refractivity contribution in [1.82, 2.24) is 5.32 Å². The smallest absolute Gasteiger partial charge is 0.0612 e. The van der Waals surface area contributed by atoms with Crippen LogP contribution in [-0.4, -0.2) is 25.3 Å². The molecule has 1 saturated heterocycles. The van der Waals surface area contributed by atoms with E-state index in [1.807, 2.05) is 0 Å². The predicted molar refractivity (Wildman–Crippen MR) is 72.1 cm³/mol. The first-order chi connectivity index (χ1) is 8.15. The van der Waals surface area contributed by atoms with E-state index in [2.05, 4.69) is 26.1 Å². The highest BCUT2D eigenvalue weighted by atomic mass is 16.5. The van der Waals surface area contributed by atoms with E-state index in [0.29, 0.717) is 18.1 Å². The summed E-state index contributed by atoms with van der Waals surface area (Å²) in [5.41, 5.74) is 0. The van der Waals surface area contributed by atoms with Crippen LogP contribution in [0.3, 0.4) is 0 Å². The minimum atomic E-state index is 0.476. The molecule has 2 aliphatic rings. The first-order valence-corrected chi connectivity index (χ1v) is 7.50. The van der Waals surface area contributed by atoms with Crippen molar-refractivity contribution in [2.75, 3.05) is 13.2 Å². The lowest BCUT2D eigenvalue weighted by molar-refractivity contribution is -0.0247. The lowest BCUT2D eigenvalue weighted by Crippen LogP contribution is -2.42. The van der Waals surface area contributed by atoms with E-state index in [9.17, 15) is 0 Å². The van der Waals surface area contributed by atoms with Gasteiger partial charge in [0.15, 0.2) is 0 Å². The van der Waals surface area contributed by atoms with Crippen LogP contribution in [0.5, 0.6) is 0 Å². The molecule has 0 radical (unpaired) electrons. The van der Waals surface area contributed by atoms with Gasteiger partial charge in [-0.3, -0.25) is 0 Å². The number of hydrogen-bond donors (Lipinski definition) is 1. The van der Waals surface area contributed by atoms with Crippen LogP contribution < -0.4 is 5.32 Å². The van der Waals surface area contributed by atoms with Crippen LogP contribution >= 0.6 is 0 Å². The maximum atomic E-state index is 5.82. The molecule has 2 rings (SSSR count). The van der Waals surface area contributed by atoms with E-state index in [4.69, 9.17) is 4.74 Å². The molecule has 2 heteroatoms. The van der Waals surface area contributed by atoms with Crippen molar-refractivity contribution in [3.63, 3.8) is 0 Å². The zero-order valence-electron chi connectivity index (χ0n) is 11.7. The molecule has 0 aromatic carbocycles. The fourth-order valence-corrected chi connectivity index (χ4v) is 3.32. The largest absolute Gasteiger partial charge is 0.378 e. The summed E-state index contributed by atoms with van der Waals surface area (Å²) in [6, 6.07) is 0.701. The molecular formula is C15H29NO. The third-order valence-electron chi connectivity index (χ3n) is 4.56. The van der Waals surface area contributed by atoms with Crippen molar-refractivity contribution < 1.29 is 4.74 Å². The molecule has 100 valence electrons. The maximum absolute atomic E-state index is 5.82. The Kier molecular flexibility index (Phi) is 4.87. The summed E-state index contributed by atoms with van der Waals surface area (Å²) in [4.78, 5) is 0. The minimum Gasteiger partial charge on any atom is -0.378 e. The summed E-state index contributed by atoms with van der Waals surface area (Å²) in [6.45, 7) is 9.11. The molecule has 0 bridgehead atoms. The molecule has 0 spiro atoms. The zero-order chi connectivity index (χ0) is 12.3. The topological polar surface area (TPSA) is 21.3 Å². The van der Waals surface area contributed by atoms with E-state index in [0.717, 1.165) is 18.4 Å². The predicted octanol–water partition coefficient (Wildman–Crippen LogP) is 3.22. The number of ether oxygens (including phenoxy) is 1. The first kappa shape index (κ1) is 13.4. The van der Waals surface area contributed by atoms with Gasteiger partial charge in [-0.05, 0) is 50.0 Å². The van der Waals surface area contributed by atoms with Gasteiger partial charge in [-0.25, -0.2) is 0 Å². The monoisotopic (exact) mass is 239 g/mol. The molecule has 0 amide bonds. The average molecular weight is 239 g/mol. The van der Waals surface area contributed by atoms with Gasteiger partial charge >= 0.3 is 0 Å². The maximum Gasteiger partial charge on any atom is 0.0612 e. The Hall–Kier alpha value is -0.0800. The van der Waals surface area contributed by atoms with Crippen molar-refractivity contribution in [2.24, 2.45) is 17.8 Å². The number of rotatable bonds is 4. The van der Waals surface area contributed by atoms with Crippen molar-refractivity contribution in [1.29, 1.82) is 0 Å². The van der Waals surface area contributed by atoms with Gasteiger partial charge in [0.1, 0.15) is 0 Å². The standard InChI is InChI=1S/C15H29NO/c1-11(2)15-9-14(6-7-17-15)16-10-13-5-4-12(3)8-13/h11-16H,4-10H2,1-3H3. The summed E-state index contributed by atoms with van der Waals surface area (Å²) in [5, 5.41) is 3.79. The molecule has 2 nitrogen and oxygen atoms in total. The van der Waals surface area contributed by atoms with E-state index in [-0.39, 0.29) is 0 Å². The molecule has 0 aromatic rings. The Balaban J connectivity index is 1.68. The molecule has 2 fully saturated rings. The van der Waals surface area contributed by atoms with Gasteiger partial charge in [0, 0.05) is 12.6 Å². The normalized spacial score (nSPS) is 38.8. The van der Waals surface area contributed by atoms with E-state index >= 15 is 0 Å². The molecule has 4 unspecified atom stereocenters. The summed E-state index contributed by atoms with van der Waals surface area (Å²) in [7, 11) is 0. The second kappa shape index (κ2) is 6.19. The molecule has 4 atom stereocenters. The van der Waals surface area contributed by atoms with Crippen LogP contribution in [0.1, 0.15) is 52.9 Å². The highest BCUT2D eigenvalue weighted by Crippen LogP contribution is 2.30. The highest BCUT2D eigenvalue weighted by Gasteiger charge is 2.26. The quantitative estimate of drug-likeness (QED) is 0.813. The lowest BCUT2D eigenvalue weighted by Gasteiger charge is -2.33. The molecule has 1 heterocycles. The fourth-order valence-electron chi connectivity index (χ4n) is 3.32. The summed E-state index contributed by atoms with van der Waals surface area (Å²) >= 11 is 0. The lowest BCUT2D eigenvalue weighted by atomic mass is 9.95. The van der Waals surface area contributed by atoms with Gasteiger partial charge in [0.2, 0.25) is 0 Å². The minimum absolute atomic E-state index is 0.476. The SMILES string of the molecule is CC1CCC(CNC2CCOC(C(C)C)C2)C1. The Bertz CT molecular complexity index is 229. The van der Waals surface area contributed by atoms with Crippen LogP contribution in [0.15, 0.2) is 0 Å². The molecular weight excluding hydrogens is 210 g/mol. The van der Waals surface area contributed by atoms with E-state index in [1.165, 1.54) is 38.6 Å². The van der Waals surface area contributed by atoms with Crippen LogP contribution in [0, 0.1) is 17.8 Å². The second-order valence-electron chi connectivity index (χ2n) is 6.57. The molecule has 1 aliphatic heterocycles. The molecule has 1 aliphatic carbocycles. The van der Waals surface area contributed by atoms with Crippen molar-refractivity contribution >= 4 is 0 Å². The van der Waals surface area contributed by atoms with Crippen LogP contribution in [0.25, 0.3) is 0 Å². The van der Waals surface area contributed by atoms with Crippen molar-refractivity contribution in [3.05, 3.63) is 0 Å². The molecule has 0 aromatic heterocycles. The number of nitrogens with one attached hydrogen (secondary N) is 1. The fraction of sp³-hybridized carbons (Fsp3) is 1.00. The summed E-state index contributed by atoms with van der Waals surface area (Å²) in [5.74, 6) is 2.55. The molecule has 17 heavy (non-hydrogen) atoms. The van der Waals surface area contributed by atoms with Crippen LogP contribution in [0.4, 0.5) is 0 Å². The first-order valence-electron chi connectivity index (χ1n) is 7.50. The second-order valence-corrected chi connectivity index (χ2v) is 6.57. The average Bonchev–Trinajstić information content (AvgIpc) is 2.73. The van der Waals surface area contributed by atoms with Crippen LogP contribution in [-0.2, 0) is 4.74 Å². The summed E-state index contributed by atoms with van der Waals surface area (Å²) < 4.78 is 5.82. The Morgan fingerprint density at radius 1 is 1.18 bits per heavy atom. The Morgan fingerprint density at radius 3 is 2.65 bits per heavy atom. The van der Waals surface area contributed by atoms with Crippen molar-refractivity contribution in [2.45, 2.75) is 65.0 Å². The van der Waals surface area contributed by atoms with Gasteiger partial charge in [-0.15, -0.1) is 0 Å². The van der Waals surface area contributed by atoms with Gasteiger partial charge in [0.25, 0.3) is 0 Å². The van der Waals surface area contributed by atoms with Gasteiger partial charge < -0.3 is 10.1 Å². The van der Waals surface area contributed by atoms with Gasteiger partial charge in [-0.1, -0.05) is 27.2 Å². The van der Waals surface area contributed by atoms with Crippen molar-refractivity contribution in [3.8, 4) is 0 Å². The zero-order valence-corrected chi connectivity index (χ0v) is 11.7. The Morgan fingerprint density at radius 2 is 2.00 bits per heavy atom. The number of hydrogen-bond acceptors (Lipinski definition) is 2. The Labute approximate surface area is 107 Å². The van der Waals surface area contributed by atoms with E-state index in [1.54, 1.807) is 0 Å². The molecule has 1 N–H and O–H groups in total. The van der Waals surface area contributed by atoms with Crippen LogP contribution in [0.2, 0.25) is 0 Å². The van der Waals surface area contributed by atoms with E-state index < -0.39 is 0 Å². The molecule has 1 saturated carbocycles. The third kappa shape index (κ3) is 3.96. The van der Waals surface area contributed by atoms with Gasteiger partial charge in [0.05, 0.1) is 6.10 Å².